The molecule has 0 aromatic heterocycles. The zero-order valence-electron chi connectivity index (χ0n) is 7.37. The zero-order valence-corrected chi connectivity index (χ0v) is 8.19. The maximum atomic E-state index is 8.80. The summed E-state index contributed by atoms with van der Waals surface area (Å²) in [5.74, 6) is 6.17. The Bertz CT molecular complexity index is 198. The van der Waals surface area contributed by atoms with Crippen LogP contribution in [0.2, 0.25) is 0 Å². The van der Waals surface area contributed by atoms with Gasteiger partial charge in [0.25, 0.3) is 0 Å². The second-order valence-corrected chi connectivity index (χ2v) is 3.56. The molecule has 2 N–H and O–H groups in total. The molecule has 0 bridgehead atoms. The number of allylic oxidation sites excluding steroid dienone is 1. The molecule has 0 aliphatic rings. The molecule has 0 heterocycles. The van der Waals surface area contributed by atoms with Gasteiger partial charge in [-0.15, -0.1) is 11.8 Å². The lowest BCUT2D eigenvalue weighted by Gasteiger charge is -1.96. The second kappa shape index (κ2) is 7.23. The zero-order chi connectivity index (χ0) is 9.40. The first-order valence-corrected chi connectivity index (χ1v) is 4.81. The van der Waals surface area contributed by atoms with Crippen LogP contribution in [-0.4, -0.2) is 28.7 Å². The van der Waals surface area contributed by atoms with Gasteiger partial charge in [-0.1, -0.05) is 18.8 Å². The molecule has 0 fully saturated rings. The van der Waals surface area contributed by atoms with Crippen molar-refractivity contribution in [2.24, 2.45) is 0 Å². The van der Waals surface area contributed by atoms with Crippen LogP contribution in [0.3, 0.4) is 0 Å². The third kappa shape index (κ3) is 6.29. The molecule has 3 heteroatoms. The van der Waals surface area contributed by atoms with Gasteiger partial charge in [0.05, 0.1) is 6.61 Å². The molecule has 0 radical (unpaired) electrons. The van der Waals surface area contributed by atoms with Crippen LogP contribution in [0.4, 0.5) is 0 Å². The Morgan fingerprint density at radius 1 is 1.67 bits per heavy atom. The average molecular weight is 186 g/mol. The number of hydrogen-bond acceptors (Lipinski definition) is 3. The summed E-state index contributed by atoms with van der Waals surface area (Å²) >= 11 is 1.56. The fourth-order valence-electron chi connectivity index (χ4n) is 0.561. The van der Waals surface area contributed by atoms with E-state index in [1.165, 1.54) is 0 Å². The largest absolute Gasteiger partial charge is 0.391 e. The SMILES string of the molecule is CCS/C(=C/C#CC(C)O)CO. The summed E-state index contributed by atoms with van der Waals surface area (Å²) in [6, 6.07) is 0. The summed E-state index contributed by atoms with van der Waals surface area (Å²) in [5.41, 5.74) is 0. The van der Waals surface area contributed by atoms with Crippen molar-refractivity contribution in [3.63, 3.8) is 0 Å². The molecule has 2 nitrogen and oxygen atoms in total. The molecule has 0 aromatic rings. The van der Waals surface area contributed by atoms with E-state index >= 15 is 0 Å². The van der Waals surface area contributed by atoms with Gasteiger partial charge in [-0.25, -0.2) is 0 Å². The van der Waals surface area contributed by atoms with E-state index in [1.807, 2.05) is 6.92 Å². The van der Waals surface area contributed by atoms with Crippen LogP contribution in [0.1, 0.15) is 13.8 Å². The van der Waals surface area contributed by atoms with Crippen molar-refractivity contribution in [1.29, 1.82) is 0 Å². The second-order valence-electron chi connectivity index (χ2n) is 2.17. The Morgan fingerprint density at radius 3 is 2.75 bits per heavy atom. The van der Waals surface area contributed by atoms with Crippen LogP contribution in [-0.2, 0) is 0 Å². The van der Waals surface area contributed by atoms with Crippen LogP contribution in [0, 0.1) is 11.8 Å². The van der Waals surface area contributed by atoms with Crippen LogP contribution in [0.15, 0.2) is 11.0 Å². The highest BCUT2D eigenvalue weighted by Gasteiger charge is 1.91. The molecule has 0 aliphatic carbocycles. The minimum Gasteiger partial charge on any atom is -0.391 e. The van der Waals surface area contributed by atoms with E-state index < -0.39 is 6.10 Å². The van der Waals surface area contributed by atoms with E-state index in [9.17, 15) is 0 Å². The van der Waals surface area contributed by atoms with Crippen molar-refractivity contribution in [2.75, 3.05) is 12.4 Å². The third-order valence-electron chi connectivity index (χ3n) is 1.01. The maximum absolute atomic E-state index is 8.80. The molecule has 0 amide bonds. The molecule has 0 spiro atoms. The molecular formula is C9H14O2S. The monoisotopic (exact) mass is 186 g/mol. The molecule has 0 rings (SSSR count). The van der Waals surface area contributed by atoms with Gasteiger partial charge in [0.1, 0.15) is 6.10 Å². The summed E-state index contributed by atoms with van der Waals surface area (Å²) in [5, 5.41) is 17.6. The van der Waals surface area contributed by atoms with Crippen molar-refractivity contribution in [3.05, 3.63) is 11.0 Å². The lowest BCUT2D eigenvalue weighted by molar-refractivity contribution is 0.253. The standard InChI is InChI=1S/C9H14O2S/c1-3-12-9(7-10)6-4-5-8(2)11/h6,8,10-11H,3,7H2,1-2H3/b9-6+. The van der Waals surface area contributed by atoms with E-state index in [4.69, 9.17) is 10.2 Å². The van der Waals surface area contributed by atoms with Gasteiger partial charge in [0.2, 0.25) is 0 Å². The number of rotatable bonds is 3. The van der Waals surface area contributed by atoms with E-state index in [-0.39, 0.29) is 6.61 Å². The summed E-state index contributed by atoms with van der Waals surface area (Å²) in [6.07, 6.45) is 1.04. The average Bonchev–Trinajstić information content (AvgIpc) is 2.02. The first kappa shape index (κ1) is 11.6. The van der Waals surface area contributed by atoms with Crippen LogP contribution >= 0.6 is 11.8 Å². The van der Waals surface area contributed by atoms with Crippen LogP contribution in [0.5, 0.6) is 0 Å². The molecule has 0 saturated heterocycles. The lowest BCUT2D eigenvalue weighted by Crippen LogP contribution is -1.92. The predicted octanol–water partition coefficient (Wildman–Crippen LogP) is 1.000. The van der Waals surface area contributed by atoms with Crippen molar-refractivity contribution >= 4 is 11.8 Å². The number of aliphatic hydroxyl groups excluding tert-OH is 2. The fraction of sp³-hybridized carbons (Fsp3) is 0.556. The van der Waals surface area contributed by atoms with E-state index in [2.05, 4.69) is 11.8 Å². The topological polar surface area (TPSA) is 40.5 Å². The lowest BCUT2D eigenvalue weighted by atomic mass is 10.4. The Balaban J connectivity index is 4.04. The minimum atomic E-state index is -0.604. The van der Waals surface area contributed by atoms with Crippen molar-refractivity contribution in [3.8, 4) is 11.8 Å². The number of hydrogen-bond donors (Lipinski definition) is 2. The number of thioether (sulfide) groups is 1. The normalized spacial score (nSPS) is 13.5. The molecule has 0 aromatic carbocycles. The fourth-order valence-corrected chi connectivity index (χ4v) is 1.17. The molecule has 68 valence electrons. The summed E-state index contributed by atoms with van der Waals surface area (Å²) in [7, 11) is 0. The molecule has 12 heavy (non-hydrogen) atoms. The third-order valence-corrected chi connectivity index (χ3v) is 1.92. The molecular weight excluding hydrogens is 172 g/mol. The van der Waals surface area contributed by atoms with E-state index in [1.54, 1.807) is 24.8 Å². The Labute approximate surface area is 77.7 Å². The first-order chi connectivity index (χ1) is 5.70. The Kier molecular flexibility index (Phi) is 6.97. The highest BCUT2D eigenvalue weighted by Crippen LogP contribution is 2.12. The molecule has 0 saturated carbocycles. The van der Waals surface area contributed by atoms with Gasteiger partial charge < -0.3 is 10.2 Å². The van der Waals surface area contributed by atoms with Gasteiger partial charge in [0.15, 0.2) is 0 Å². The van der Waals surface area contributed by atoms with Gasteiger partial charge in [-0.2, -0.15) is 0 Å². The van der Waals surface area contributed by atoms with Gasteiger partial charge in [0, 0.05) is 11.0 Å². The smallest absolute Gasteiger partial charge is 0.112 e. The van der Waals surface area contributed by atoms with Gasteiger partial charge >= 0.3 is 0 Å². The first-order valence-electron chi connectivity index (χ1n) is 3.82. The quantitative estimate of drug-likeness (QED) is 0.646. The molecule has 1 atom stereocenters. The van der Waals surface area contributed by atoms with E-state index in [0.717, 1.165) is 10.7 Å². The van der Waals surface area contributed by atoms with E-state index in [0.29, 0.717) is 0 Å². The molecule has 1 unspecified atom stereocenters. The Hall–Kier alpha value is -0.430. The van der Waals surface area contributed by atoms with Crippen molar-refractivity contribution in [1.82, 2.24) is 0 Å². The highest BCUT2D eigenvalue weighted by atomic mass is 32.2. The van der Waals surface area contributed by atoms with Gasteiger partial charge in [-0.05, 0) is 12.7 Å². The minimum absolute atomic E-state index is 0.0208. The predicted molar refractivity (Wildman–Crippen MR) is 52.8 cm³/mol. The molecule has 0 aliphatic heterocycles. The number of aliphatic hydroxyl groups is 2. The van der Waals surface area contributed by atoms with Crippen molar-refractivity contribution < 1.29 is 10.2 Å². The van der Waals surface area contributed by atoms with Crippen molar-refractivity contribution in [2.45, 2.75) is 20.0 Å². The summed E-state index contributed by atoms with van der Waals surface area (Å²) < 4.78 is 0. The van der Waals surface area contributed by atoms with Gasteiger partial charge in [-0.3, -0.25) is 0 Å². The maximum Gasteiger partial charge on any atom is 0.112 e. The van der Waals surface area contributed by atoms with Crippen LogP contribution in [0.25, 0.3) is 0 Å². The summed E-state index contributed by atoms with van der Waals surface area (Å²) in [4.78, 5) is 0.839. The Morgan fingerprint density at radius 2 is 2.33 bits per heavy atom. The van der Waals surface area contributed by atoms with Crippen LogP contribution < -0.4 is 0 Å². The highest BCUT2D eigenvalue weighted by molar-refractivity contribution is 8.03. The summed E-state index contributed by atoms with van der Waals surface area (Å²) in [6.45, 7) is 3.63.